The van der Waals surface area contributed by atoms with Crippen molar-refractivity contribution < 1.29 is 4.79 Å². The van der Waals surface area contributed by atoms with E-state index in [0.29, 0.717) is 0 Å². The van der Waals surface area contributed by atoms with E-state index in [9.17, 15) is 10.1 Å². The van der Waals surface area contributed by atoms with Crippen LogP contribution in [0.5, 0.6) is 0 Å². The van der Waals surface area contributed by atoms with Crippen LogP contribution in [0.1, 0.15) is 46.6 Å². The van der Waals surface area contributed by atoms with Gasteiger partial charge in [0.05, 0.1) is 11.6 Å². The highest BCUT2D eigenvalue weighted by Gasteiger charge is 2.35. The highest BCUT2D eigenvalue weighted by Crippen LogP contribution is 2.29. The lowest BCUT2D eigenvalue weighted by Crippen LogP contribution is -2.48. The second-order valence-corrected chi connectivity index (χ2v) is 6.47. The number of hydrogen-bond acceptors (Lipinski definition) is 2. The van der Waals surface area contributed by atoms with Crippen LogP contribution in [0.2, 0.25) is 0 Å². The minimum absolute atomic E-state index is 0.201. The van der Waals surface area contributed by atoms with Crippen molar-refractivity contribution in [1.29, 1.82) is 5.26 Å². The fraction of sp³-hybridized carbons (Fsp3) is 0.529. The number of hydrogen-bond donors (Lipinski definition) is 1. The Morgan fingerprint density at radius 3 is 2.20 bits per heavy atom. The molecule has 0 fully saturated rings. The number of nitriles is 1. The summed E-state index contributed by atoms with van der Waals surface area (Å²) >= 11 is 0. The van der Waals surface area contributed by atoms with Gasteiger partial charge in [0.25, 0.3) is 0 Å². The average molecular weight is 272 g/mol. The molecule has 1 rings (SSSR count). The molecule has 0 saturated carbocycles. The molecule has 3 heteroatoms. The van der Waals surface area contributed by atoms with Crippen molar-refractivity contribution in [3.05, 3.63) is 35.9 Å². The van der Waals surface area contributed by atoms with Gasteiger partial charge in [-0.2, -0.15) is 5.26 Å². The lowest BCUT2D eigenvalue weighted by atomic mass is 9.80. The van der Waals surface area contributed by atoms with Gasteiger partial charge < -0.3 is 5.32 Å². The smallest absolute Gasteiger partial charge is 0.238 e. The first-order valence-electron chi connectivity index (χ1n) is 7.02. The second kappa shape index (κ2) is 6.09. The molecule has 0 heterocycles. The maximum atomic E-state index is 12.4. The molecule has 0 radical (unpaired) electrons. The maximum absolute atomic E-state index is 12.4. The summed E-state index contributed by atoms with van der Waals surface area (Å²) in [5, 5.41) is 12.3. The van der Waals surface area contributed by atoms with Crippen molar-refractivity contribution in [2.45, 2.75) is 46.6 Å². The van der Waals surface area contributed by atoms with Crippen LogP contribution in [0.3, 0.4) is 0 Å². The zero-order valence-corrected chi connectivity index (χ0v) is 13.0. The standard InChI is InChI=1S/C17H24N2O/c1-6-17(5,13-10-8-7-9-11-13)19-15(20)14(12-18)16(2,3)4/h7-11,14H,6H2,1-5H3,(H,19,20). The Kier molecular flexibility index (Phi) is 4.94. The van der Waals surface area contributed by atoms with Crippen molar-refractivity contribution in [3.8, 4) is 6.07 Å². The Labute approximate surface area is 122 Å². The minimum Gasteiger partial charge on any atom is -0.346 e. The Balaban J connectivity index is 3.00. The molecule has 3 nitrogen and oxygen atoms in total. The Hall–Kier alpha value is -1.82. The van der Waals surface area contributed by atoms with E-state index in [1.165, 1.54) is 0 Å². The molecule has 1 amide bonds. The highest BCUT2D eigenvalue weighted by molar-refractivity contribution is 5.82. The van der Waals surface area contributed by atoms with Crippen molar-refractivity contribution in [2.24, 2.45) is 11.3 Å². The summed E-state index contributed by atoms with van der Waals surface area (Å²) < 4.78 is 0. The fourth-order valence-electron chi connectivity index (χ4n) is 2.16. The van der Waals surface area contributed by atoms with Gasteiger partial charge in [-0.05, 0) is 24.3 Å². The third kappa shape index (κ3) is 3.60. The maximum Gasteiger partial charge on any atom is 0.238 e. The zero-order valence-electron chi connectivity index (χ0n) is 13.0. The fourth-order valence-corrected chi connectivity index (χ4v) is 2.16. The molecule has 0 spiro atoms. The molecule has 0 saturated heterocycles. The number of nitrogens with one attached hydrogen (secondary N) is 1. The Morgan fingerprint density at radius 1 is 1.25 bits per heavy atom. The van der Waals surface area contributed by atoms with Gasteiger partial charge in [-0.3, -0.25) is 4.79 Å². The van der Waals surface area contributed by atoms with Gasteiger partial charge in [0, 0.05) is 0 Å². The molecular formula is C17H24N2O. The summed E-state index contributed by atoms with van der Waals surface area (Å²) in [6, 6.07) is 12.0. The van der Waals surface area contributed by atoms with Gasteiger partial charge in [-0.25, -0.2) is 0 Å². The van der Waals surface area contributed by atoms with Crippen molar-refractivity contribution in [3.63, 3.8) is 0 Å². The lowest BCUT2D eigenvalue weighted by Gasteiger charge is -2.33. The third-order valence-electron chi connectivity index (χ3n) is 3.77. The van der Waals surface area contributed by atoms with E-state index in [4.69, 9.17) is 0 Å². The van der Waals surface area contributed by atoms with E-state index in [1.54, 1.807) is 0 Å². The van der Waals surface area contributed by atoms with Crippen LogP contribution in [-0.4, -0.2) is 5.91 Å². The van der Waals surface area contributed by atoms with E-state index in [0.717, 1.165) is 12.0 Å². The molecule has 20 heavy (non-hydrogen) atoms. The molecule has 108 valence electrons. The van der Waals surface area contributed by atoms with Crippen LogP contribution < -0.4 is 5.32 Å². The molecule has 0 aliphatic heterocycles. The van der Waals surface area contributed by atoms with Gasteiger partial charge in [0.1, 0.15) is 5.92 Å². The molecule has 0 aromatic heterocycles. The van der Waals surface area contributed by atoms with E-state index >= 15 is 0 Å². The average Bonchev–Trinajstić information content (AvgIpc) is 2.38. The summed E-state index contributed by atoms with van der Waals surface area (Å²) in [6.07, 6.45) is 0.769. The van der Waals surface area contributed by atoms with E-state index in [1.807, 2.05) is 65.0 Å². The molecule has 2 unspecified atom stereocenters. The van der Waals surface area contributed by atoms with E-state index in [-0.39, 0.29) is 11.3 Å². The van der Waals surface area contributed by atoms with Gasteiger partial charge in [-0.15, -0.1) is 0 Å². The predicted octanol–water partition coefficient (Wildman–Crippen LogP) is 3.61. The second-order valence-electron chi connectivity index (χ2n) is 6.47. The molecule has 2 atom stereocenters. The van der Waals surface area contributed by atoms with Crippen LogP contribution in [0.25, 0.3) is 0 Å². The first-order chi connectivity index (χ1) is 9.24. The van der Waals surface area contributed by atoms with Gasteiger partial charge in [-0.1, -0.05) is 58.0 Å². The summed E-state index contributed by atoms with van der Waals surface area (Å²) in [5.41, 5.74) is 0.240. The SMILES string of the molecule is CCC(C)(NC(=O)C(C#N)C(C)(C)C)c1ccccc1. The van der Waals surface area contributed by atoms with Crippen molar-refractivity contribution in [1.82, 2.24) is 5.32 Å². The van der Waals surface area contributed by atoms with Crippen molar-refractivity contribution >= 4 is 5.91 Å². The topological polar surface area (TPSA) is 52.9 Å². The molecule has 0 aliphatic carbocycles. The predicted molar refractivity (Wildman–Crippen MR) is 80.8 cm³/mol. The normalized spacial score (nSPS) is 15.8. The van der Waals surface area contributed by atoms with Crippen LogP contribution in [0.15, 0.2) is 30.3 Å². The van der Waals surface area contributed by atoms with Crippen LogP contribution >= 0.6 is 0 Å². The number of nitrogens with zero attached hydrogens (tertiary/aromatic N) is 1. The Morgan fingerprint density at radius 2 is 1.80 bits per heavy atom. The van der Waals surface area contributed by atoms with Crippen LogP contribution in [0, 0.1) is 22.7 Å². The number of amides is 1. The monoisotopic (exact) mass is 272 g/mol. The number of rotatable bonds is 4. The molecule has 1 aromatic rings. The summed E-state index contributed by atoms with van der Waals surface area (Å²) in [5.74, 6) is -0.856. The largest absolute Gasteiger partial charge is 0.346 e. The molecular weight excluding hydrogens is 248 g/mol. The zero-order chi connectivity index (χ0) is 15.4. The van der Waals surface area contributed by atoms with Gasteiger partial charge in [0.2, 0.25) is 5.91 Å². The quantitative estimate of drug-likeness (QED) is 0.910. The van der Waals surface area contributed by atoms with E-state index in [2.05, 4.69) is 11.4 Å². The lowest BCUT2D eigenvalue weighted by molar-refractivity contribution is -0.128. The van der Waals surface area contributed by atoms with Crippen LogP contribution in [0.4, 0.5) is 0 Å². The summed E-state index contributed by atoms with van der Waals surface area (Å²) in [6.45, 7) is 9.76. The third-order valence-corrected chi connectivity index (χ3v) is 3.77. The van der Waals surface area contributed by atoms with Gasteiger partial charge in [0.15, 0.2) is 0 Å². The number of benzene rings is 1. The molecule has 0 aliphatic rings. The van der Waals surface area contributed by atoms with Crippen molar-refractivity contribution in [2.75, 3.05) is 0 Å². The minimum atomic E-state index is -0.655. The summed E-state index contributed by atoms with van der Waals surface area (Å²) in [4.78, 5) is 12.4. The Bertz CT molecular complexity index is 496. The summed E-state index contributed by atoms with van der Waals surface area (Å²) in [7, 11) is 0. The number of carbonyl (C=O) groups excluding carboxylic acids is 1. The van der Waals surface area contributed by atoms with Gasteiger partial charge >= 0.3 is 0 Å². The van der Waals surface area contributed by atoms with E-state index < -0.39 is 11.5 Å². The highest BCUT2D eigenvalue weighted by atomic mass is 16.2. The number of carbonyl (C=O) groups is 1. The molecule has 1 N–H and O–H groups in total. The first-order valence-corrected chi connectivity index (χ1v) is 7.02. The molecule has 0 bridgehead atoms. The first kappa shape index (κ1) is 16.2. The molecule has 1 aromatic carbocycles. The van der Waals surface area contributed by atoms with Crippen LogP contribution in [-0.2, 0) is 10.3 Å².